The maximum absolute atomic E-state index is 12.8. The van der Waals surface area contributed by atoms with E-state index in [1.165, 1.54) is 18.2 Å². The molecule has 3 aromatic carbocycles. The van der Waals surface area contributed by atoms with Gasteiger partial charge in [0.1, 0.15) is 0 Å². The number of aromatic amines is 1. The van der Waals surface area contributed by atoms with Gasteiger partial charge in [-0.3, -0.25) is 9.59 Å². The number of anilines is 2. The largest absolute Gasteiger partial charge is 0.337 e. The highest BCUT2D eigenvalue weighted by molar-refractivity contribution is 6.07. The van der Waals surface area contributed by atoms with Crippen molar-refractivity contribution < 1.29 is 18.4 Å². The van der Waals surface area contributed by atoms with Crippen LogP contribution in [0.2, 0.25) is 0 Å². The van der Waals surface area contributed by atoms with E-state index in [2.05, 4.69) is 20.6 Å². The summed E-state index contributed by atoms with van der Waals surface area (Å²) in [7, 11) is 0. The fourth-order valence-electron chi connectivity index (χ4n) is 2.94. The van der Waals surface area contributed by atoms with Crippen LogP contribution in [0.4, 0.5) is 20.2 Å². The van der Waals surface area contributed by atoms with E-state index in [1.807, 2.05) is 6.07 Å². The number of H-pyrrole nitrogens is 1. The van der Waals surface area contributed by atoms with E-state index in [4.69, 9.17) is 0 Å². The van der Waals surface area contributed by atoms with Gasteiger partial charge in [-0.2, -0.15) is 0 Å². The molecule has 1 aromatic heterocycles. The van der Waals surface area contributed by atoms with Gasteiger partial charge in [0.15, 0.2) is 5.82 Å². The number of halogens is 2. The third-order valence-electron chi connectivity index (χ3n) is 4.38. The molecule has 0 bridgehead atoms. The van der Waals surface area contributed by atoms with Gasteiger partial charge in [0.25, 0.3) is 18.2 Å². The fourth-order valence-corrected chi connectivity index (χ4v) is 2.94. The zero-order valence-corrected chi connectivity index (χ0v) is 15.5. The van der Waals surface area contributed by atoms with E-state index < -0.39 is 18.2 Å². The first-order valence-electron chi connectivity index (χ1n) is 9.05. The highest BCUT2D eigenvalue weighted by Gasteiger charge is 2.14. The lowest BCUT2D eigenvalue weighted by Crippen LogP contribution is -2.14. The number of aromatic nitrogens is 2. The minimum absolute atomic E-state index is 0.265. The van der Waals surface area contributed by atoms with E-state index in [-0.39, 0.29) is 11.5 Å². The molecule has 0 spiro atoms. The van der Waals surface area contributed by atoms with Gasteiger partial charge in [0.2, 0.25) is 0 Å². The Kier molecular flexibility index (Phi) is 5.21. The lowest BCUT2D eigenvalue weighted by molar-refractivity contribution is 0.101. The topological polar surface area (TPSA) is 86.9 Å². The van der Waals surface area contributed by atoms with Crippen LogP contribution < -0.4 is 10.6 Å². The number of carbonyl (C=O) groups excluding carboxylic acids is 2. The minimum Gasteiger partial charge on any atom is -0.337 e. The second-order valence-corrected chi connectivity index (χ2v) is 6.51. The van der Waals surface area contributed by atoms with E-state index >= 15 is 0 Å². The van der Waals surface area contributed by atoms with Gasteiger partial charge in [-0.05, 0) is 48.5 Å². The Morgan fingerprint density at radius 2 is 1.47 bits per heavy atom. The van der Waals surface area contributed by atoms with Crippen molar-refractivity contribution in [3.8, 4) is 0 Å². The summed E-state index contributed by atoms with van der Waals surface area (Å²) in [6.07, 6.45) is -2.72. The van der Waals surface area contributed by atoms with Gasteiger partial charge in [-0.1, -0.05) is 24.3 Å². The van der Waals surface area contributed by atoms with Crippen LogP contribution in [-0.4, -0.2) is 21.8 Å². The van der Waals surface area contributed by atoms with Crippen LogP contribution in [0.25, 0.3) is 11.0 Å². The molecule has 1 heterocycles. The fraction of sp³-hybridized carbons (Fsp3) is 0.0455. The first-order valence-corrected chi connectivity index (χ1v) is 9.05. The molecule has 0 aliphatic rings. The molecule has 0 unspecified atom stereocenters. The van der Waals surface area contributed by atoms with E-state index in [0.717, 1.165) is 0 Å². The second-order valence-electron chi connectivity index (χ2n) is 6.51. The first kappa shape index (κ1) is 19.3. The van der Waals surface area contributed by atoms with Gasteiger partial charge >= 0.3 is 0 Å². The number of nitrogens with zero attached hydrogens (tertiary/aromatic N) is 1. The summed E-state index contributed by atoms with van der Waals surface area (Å²) in [6.45, 7) is 0. The third kappa shape index (κ3) is 4.17. The van der Waals surface area contributed by atoms with Crippen molar-refractivity contribution in [3.05, 3.63) is 89.7 Å². The number of nitrogens with one attached hydrogen (secondary N) is 3. The monoisotopic (exact) mass is 406 g/mol. The zero-order chi connectivity index (χ0) is 21.1. The number of hydrogen-bond donors (Lipinski definition) is 3. The maximum atomic E-state index is 12.8. The average Bonchev–Trinajstić information content (AvgIpc) is 3.18. The Labute approximate surface area is 170 Å². The molecule has 0 aliphatic carbocycles. The summed E-state index contributed by atoms with van der Waals surface area (Å²) in [5, 5.41) is 5.51. The van der Waals surface area contributed by atoms with Gasteiger partial charge < -0.3 is 15.6 Å². The van der Waals surface area contributed by atoms with Crippen molar-refractivity contribution in [1.82, 2.24) is 9.97 Å². The highest BCUT2D eigenvalue weighted by atomic mass is 19.3. The highest BCUT2D eigenvalue weighted by Crippen LogP contribution is 2.22. The van der Waals surface area contributed by atoms with Crippen LogP contribution in [0.5, 0.6) is 0 Å². The molecule has 30 heavy (non-hydrogen) atoms. The molecule has 2 amide bonds. The van der Waals surface area contributed by atoms with Crippen molar-refractivity contribution in [2.24, 2.45) is 0 Å². The Morgan fingerprint density at radius 3 is 2.13 bits per heavy atom. The Morgan fingerprint density at radius 1 is 0.800 bits per heavy atom. The molecule has 0 fully saturated rings. The number of amides is 2. The number of rotatable bonds is 5. The quantitative estimate of drug-likeness (QED) is 0.436. The number of benzene rings is 3. The smallest absolute Gasteiger partial charge is 0.295 e. The second kappa shape index (κ2) is 8.12. The van der Waals surface area contributed by atoms with E-state index in [1.54, 1.807) is 48.5 Å². The summed E-state index contributed by atoms with van der Waals surface area (Å²) < 4.78 is 25.6. The molecule has 6 nitrogen and oxygen atoms in total. The van der Waals surface area contributed by atoms with Gasteiger partial charge in [0, 0.05) is 22.5 Å². The molecule has 0 saturated heterocycles. The van der Waals surface area contributed by atoms with Crippen LogP contribution in [0.3, 0.4) is 0 Å². The molecular weight excluding hydrogens is 390 g/mol. The van der Waals surface area contributed by atoms with Crippen molar-refractivity contribution >= 4 is 34.2 Å². The Bertz CT molecular complexity index is 1220. The molecule has 0 saturated carbocycles. The molecular formula is C22H16F2N4O2. The first-order chi connectivity index (χ1) is 14.5. The Hall–Kier alpha value is -4.07. The van der Waals surface area contributed by atoms with Gasteiger partial charge in [0.05, 0.1) is 11.0 Å². The van der Waals surface area contributed by atoms with E-state index in [0.29, 0.717) is 28.0 Å². The van der Waals surface area contributed by atoms with Gasteiger partial charge in [-0.15, -0.1) is 0 Å². The lowest BCUT2D eigenvalue weighted by Gasteiger charge is -2.09. The minimum atomic E-state index is -2.72. The third-order valence-corrected chi connectivity index (χ3v) is 4.38. The molecule has 8 heteroatoms. The summed E-state index contributed by atoms with van der Waals surface area (Å²) in [5.41, 5.74) is 2.50. The molecule has 3 N–H and O–H groups in total. The number of carbonyl (C=O) groups is 2. The average molecular weight is 406 g/mol. The van der Waals surface area contributed by atoms with Crippen LogP contribution >= 0.6 is 0 Å². The van der Waals surface area contributed by atoms with Gasteiger partial charge in [-0.25, -0.2) is 13.8 Å². The van der Waals surface area contributed by atoms with Crippen LogP contribution in [-0.2, 0) is 0 Å². The molecule has 150 valence electrons. The maximum Gasteiger partial charge on any atom is 0.295 e. The molecule has 0 atom stereocenters. The van der Waals surface area contributed by atoms with Crippen LogP contribution in [0.15, 0.2) is 72.8 Å². The Balaban J connectivity index is 1.49. The predicted octanol–water partition coefficient (Wildman–Crippen LogP) is 5.01. The molecule has 0 aliphatic heterocycles. The van der Waals surface area contributed by atoms with Crippen LogP contribution in [0.1, 0.15) is 33.0 Å². The van der Waals surface area contributed by atoms with E-state index in [9.17, 15) is 18.4 Å². The molecule has 0 radical (unpaired) electrons. The van der Waals surface area contributed by atoms with Crippen molar-refractivity contribution in [1.29, 1.82) is 0 Å². The number of hydrogen-bond acceptors (Lipinski definition) is 3. The lowest BCUT2D eigenvalue weighted by atomic mass is 10.1. The van der Waals surface area contributed by atoms with Crippen molar-refractivity contribution in [2.45, 2.75) is 6.43 Å². The number of imidazole rings is 1. The normalized spacial score (nSPS) is 10.9. The molecule has 4 aromatic rings. The predicted molar refractivity (Wildman–Crippen MR) is 110 cm³/mol. The SMILES string of the molecule is O=C(Nc1cccc(NC(=O)c2ccc3nc(C(F)F)[nH]c3c2)c1)c1ccccc1. The van der Waals surface area contributed by atoms with Crippen molar-refractivity contribution in [2.75, 3.05) is 10.6 Å². The summed E-state index contributed by atoms with van der Waals surface area (Å²) >= 11 is 0. The van der Waals surface area contributed by atoms with Crippen LogP contribution in [0, 0.1) is 0 Å². The summed E-state index contributed by atoms with van der Waals surface area (Å²) in [4.78, 5) is 31.1. The number of fused-ring (bicyclic) bond motifs is 1. The zero-order valence-electron chi connectivity index (χ0n) is 15.5. The standard InChI is InChI=1S/C22H16F2N4O2/c23-19(24)20-27-17-10-9-14(11-18(17)28-20)22(30)26-16-8-4-7-15(12-16)25-21(29)13-5-2-1-3-6-13/h1-12,19H,(H,25,29)(H,26,30)(H,27,28). The molecule has 4 rings (SSSR count). The van der Waals surface area contributed by atoms with Crippen molar-refractivity contribution in [3.63, 3.8) is 0 Å². The summed E-state index contributed by atoms with van der Waals surface area (Å²) in [6, 6.07) is 19.9. The number of alkyl halides is 2. The summed E-state index contributed by atoms with van der Waals surface area (Å²) in [5.74, 6) is -1.13.